The Hall–Kier alpha value is -2.87. The maximum absolute atomic E-state index is 12.7. The average Bonchev–Trinajstić information content (AvgIpc) is 3.32. The number of carbonyl (C=O) groups is 2. The quantitative estimate of drug-likeness (QED) is 0.726. The van der Waals surface area contributed by atoms with E-state index in [1.807, 2.05) is 16.8 Å². The second-order valence-electron chi connectivity index (χ2n) is 7.53. The highest BCUT2D eigenvalue weighted by Gasteiger charge is 2.34. The van der Waals surface area contributed by atoms with Crippen LogP contribution in [0, 0.1) is 5.92 Å². The number of benzene rings is 1. The molecule has 1 saturated carbocycles. The second-order valence-corrected chi connectivity index (χ2v) is 7.53. The molecule has 2 aliphatic rings. The number of anilines is 1. The molecule has 3 atom stereocenters. The molecule has 8 heteroatoms. The van der Waals surface area contributed by atoms with Crippen LogP contribution < -0.4 is 15.5 Å². The normalized spacial score (nSPS) is 24.8. The van der Waals surface area contributed by atoms with Gasteiger partial charge in [0.05, 0.1) is 18.5 Å². The number of carbonyl (C=O) groups excluding carboxylic acids is 2. The van der Waals surface area contributed by atoms with E-state index in [4.69, 9.17) is 0 Å². The standard InChI is InChI=1S/C20H25N5O3/c26-18-10-14(12-24-8-6-21-13-24)9-17(18)23-19(27)15-3-1-4-16(11-15)25-7-2-5-22-20(25)28/h1,3-4,6,8,11,13-14,17-18,26H,2,5,7,9-10,12H2,(H,22,28)(H,23,27)/t14?,17-,18-/m1/s1. The lowest BCUT2D eigenvalue weighted by molar-refractivity contribution is 0.0872. The fraction of sp³-hybridized carbons (Fsp3) is 0.450. The molecule has 148 valence electrons. The van der Waals surface area contributed by atoms with E-state index in [0.29, 0.717) is 30.8 Å². The molecule has 2 heterocycles. The zero-order chi connectivity index (χ0) is 19.5. The van der Waals surface area contributed by atoms with Gasteiger partial charge in [0.15, 0.2) is 0 Å². The third-order valence-electron chi connectivity index (χ3n) is 5.47. The Kier molecular flexibility index (Phi) is 5.29. The molecule has 8 nitrogen and oxygen atoms in total. The first-order valence-electron chi connectivity index (χ1n) is 9.70. The molecule has 0 spiro atoms. The van der Waals surface area contributed by atoms with Crippen LogP contribution in [0.2, 0.25) is 0 Å². The zero-order valence-electron chi connectivity index (χ0n) is 15.6. The number of aliphatic hydroxyl groups is 1. The number of hydrogen-bond donors (Lipinski definition) is 3. The van der Waals surface area contributed by atoms with E-state index < -0.39 is 6.10 Å². The van der Waals surface area contributed by atoms with E-state index in [1.54, 1.807) is 35.6 Å². The number of imidazole rings is 1. The molecule has 1 unspecified atom stereocenters. The van der Waals surface area contributed by atoms with E-state index in [-0.39, 0.29) is 23.9 Å². The van der Waals surface area contributed by atoms with Gasteiger partial charge in [0.2, 0.25) is 0 Å². The molecule has 1 aromatic carbocycles. The third-order valence-corrected chi connectivity index (χ3v) is 5.47. The van der Waals surface area contributed by atoms with Crippen molar-refractivity contribution in [1.29, 1.82) is 0 Å². The van der Waals surface area contributed by atoms with Crippen molar-refractivity contribution < 1.29 is 14.7 Å². The minimum absolute atomic E-state index is 0.141. The van der Waals surface area contributed by atoms with Crippen molar-refractivity contribution in [2.75, 3.05) is 18.0 Å². The maximum atomic E-state index is 12.7. The monoisotopic (exact) mass is 383 g/mol. The minimum atomic E-state index is -0.562. The van der Waals surface area contributed by atoms with E-state index in [9.17, 15) is 14.7 Å². The highest BCUT2D eigenvalue weighted by Crippen LogP contribution is 2.28. The van der Waals surface area contributed by atoms with Crippen LogP contribution in [0.1, 0.15) is 29.6 Å². The van der Waals surface area contributed by atoms with E-state index in [1.165, 1.54) is 0 Å². The summed E-state index contributed by atoms with van der Waals surface area (Å²) in [4.78, 5) is 30.5. The molecule has 1 aliphatic heterocycles. The minimum Gasteiger partial charge on any atom is -0.391 e. The van der Waals surface area contributed by atoms with Crippen molar-refractivity contribution >= 4 is 17.6 Å². The van der Waals surface area contributed by atoms with Crippen molar-refractivity contribution in [3.8, 4) is 0 Å². The molecular formula is C20H25N5O3. The van der Waals surface area contributed by atoms with Crippen LogP contribution in [0.15, 0.2) is 43.0 Å². The summed E-state index contributed by atoms with van der Waals surface area (Å²) in [6.45, 7) is 2.09. The SMILES string of the molecule is O=C(N[C@@H]1CC(Cn2ccnc2)C[C@H]1O)c1cccc(N2CCCNC2=O)c1. The number of aromatic nitrogens is 2. The van der Waals surface area contributed by atoms with Crippen LogP contribution in [0.25, 0.3) is 0 Å². The maximum Gasteiger partial charge on any atom is 0.321 e. The van der Waals surface area contributed by atoms with Gasteiger partial charge in [0.25, 0.3) is 5.91 Å². The Bertz CT molecular complexity index is 838. The van der Waals surface area contributed by atoms with Gasteiger partial charge in [-0.1, -0.05) is 6.07 Å². The summed E-state index contributed by atoms with van der Waals surface area (Å²) in [5.41, 5.74) is 1.19. The molecule has 4 rings (SSSR count). The number of rotatable bonds is 5. The molecule has 1 aliphatic carbocycles. The van der Waals surface area contributed by atoms with Crippen molar-refractivity contribution in [1.82, 2.24) is 20.2 Å². The summed E-state index contributed by atoms with van der Waals surface area (Å²) >= 11 is 0. The molecule has 2 aromatic rings. The molecular weight excluding hydrogens is 358 g/mol. The van der Waals surface area contributed by atoms with Crippen LogP contribution in [0.4, 0.5) is 10.5 Å². The Morgan fingerprint density at radius 1 is 1.36 bits per heavy atom. The molecule has 1 saturated heterocycles. The first kappa shape index (κ1) is 18.5. The lowest BCUT2D eigenvalue weighted by atomic mass is 10.1. The topological polar surface area (TPSA) is 99.5 Å². The number of hydrogen-bond acceptors (Lipinski definition) is 4. The molecule has 2 fully saturated rings. The highest BCUT2D eigenvalue weighted by atomic mass is 16.3. The van der Waals surface area contributed by atoms with Crippen LogP contribution >= 0.6 is 0 Å². The summed E-state index contributed by atoms with van der Waals surface area (Å²) in [5, 5.41) is 16.2. The molecule has 0 radical (unpaired) electrons. The lowest BCUT2D eigenvalue weighted by Gasteiger charge is -2.27. The van der Waals surface area contributed by atoms with Gasteiger partial charge in [0, 0.05) is 43.3 Å². The van der Waals surface area contributed by atoms with Crippen molar-refractivity contribution in [3.63, 3.8) is 0 Å². The van der Waals surface area contributed by atoms with Gasteiger partial charge in [-0.05, 0) is 43.4 Å². The fourth-order valence-electron chi connectivity index (χ4n) is 4.06. The summed E-state index contributed by atoms with van der Waals surface area (Å²) in [6, 6.07) is 6.64. The zero-order valence-corrected chi connectivity index (χ0v) is 15.6. The van der Waals surface area contributed by atoms with Gasteiger partial charge in [-0.25, -0.2) is 9.78 Å². The van der Waals surface area contributed by atoms with Gasteiger partial charge >= 0.3 is 6.03 Å². The smallest absolute Gasteiger partial charge is 0.321 e. The molecule has 1 aromatic heterocycles. The summed E-state index contributed by atoms with van der Waals surface area (Å²) < 4.78 is 1.99. The van der Waals surface area contributed by atoms with Crippen LogP contribution in [-0.2, 0) is 6.54 Å². The Balaban J connectivity index is 1.39. The Morgan fingerprint density at radius 3 is 3.04 bits per heavy atom. The van der Waals surface area contributed by atoms with Gasteiger partial charge in [-0.15, -0.1) is 0 Å². The summed E-state index contributed by atoms with van der Waals surface area (Å²) in [6.07, 6.45) is 7.08. The number of nitrogens with zero attached hydrogens (tertiary/aromatic N) is 3. The average molecular weight is 383 g/mol. The predicted molar refractivity (Wildman–Crippen MR) is 104 cm³/mol. The van der Waals surface area contributed by atoms with E-state index in [2.05, 4.69) is 15.6 Å². The van der Waals surface area contributed by atoms with E-state index in [0.717, 1.165) is 19.4 Å². The molecule has 3 N–H and O–H groups in total. The first-order valence-corrected chi connectivity index (χ1v) is 9.70. The first-order chi connectivity index (χ1) is 13.6. The van der Waals surface area contributed by atoms with Crippen LogP contribution in [0.5, 0.6) is 0 Å². The van der Waals surface area contributed by atoms with Gasteiger partial charge in [0.1, 0.15) is 0 Å². The van der Waals surface area contributed by atoms with Crippen molar-refractivity contribution in [2.24, 2.45) is 5.92 Å². The van der Waals surface area contributed by atoms with Gasteiger partial charge in [-0.3, -0.25) is 9.69 Å². The predicted octanol–water partition coefficient (Wildman–Crippen LogP) is 1.37. The van der Waals surface area contributed by atoms with Crippen molar-refractivity contribution in [2.45, 2.75) is 38.0 Å². The highest BCUT2D eigenvalue weighted by molar-refractivity contribution is 5.98. The number of aliphatic hydroxyl groups excluding tert-OH is 1. The van der Waals surface area contributed by atoms with Gasteiger partial charge < -0.3 is 20.3 Å². The van der Waals surface area contributed by atoms with Crippen molar-refractivity contribution in [3.05, 3.63) is 48.5 Å². The number of nitrogens with one attached hydrogen (secondary N) is 2. The van der Waals surface area contributed by atoms with Crippen LogP contribution in [0.3, 0.4) is 0 Å². The lowest BCUT2D eigenvalue weighted by Crippen LogP contribution is -2.46. The molecule has 28 heavy (non-hydrogen) atoms. The van der Waals surface area contributed by atoms with Crippen LogP contribution in [-0.4, -0.2) is 51.8 Å². The number of urea groups is 1. The number of amides is 3. The molecule has 3 amide bonds. The Labute approximate surface area is 163 Å². The summed E-state index contributed by atoms with van der Waals surface area (Å²) in [5.74, 6) is 0.0597. The second kappa shape index (κ2) is 8.02. The van der Waals surface area contributed by atoms with E-state index >= 15 is 0 Å². The van der Waals surface area contributed by atoms with Gasteiger partial charge in [-0.2, -0.15) is 0 Å². The Morgan fingerprint density at radius 2 is 2.25 bits per heavy atom. The molecule has 0 bridgehead atoms. The largest absolute Gasteiger partial charge is 0.391 e. The third kappa shape index (κ3) is 4.01. The fourth-order valence-corrected chi connectivity index (χ4v) is 4.06. The summed E-state index contributed by atoms with van der Waals surface area (Å²) in [7, 11) is 0.